The van der Waals surface area contributed by atoms with Crippen molar-refractivity contribution >= 4 is 49.7 Å². The zero-order valence-electron chi connectivity index (χ0n) is 16.5. The van der Waals surface area contributed by atoms with E-state index in [1.54, 1.807) is 7.11 Å². The molecular formula is C20H18N6O3S. The summed E-state index contributed by atoms with van der Waals surface area (Å²) in [4.78, 5) is 23.9. The Kier molecular flexibility index (Phi) is 5.15. The molecule has 4 rings (SSSR count). The third-order valence-electron chi connectivity index (χ3n) is 4.60. The van der Waals surface area contributed by atoms with E-state index in [1.807, 2.05) is 50.2 Å². The maximum absolute atomic E-state index is 11.8. The van der Waals surface area contributed by atoms with Crippen LogP contribution in [0.1, 0.15) is 11.1 Å². The molecule has 0 atom stereocenters. The van der Waals surface area contributed by atoms with Crippen molar-refractivity contribution in [2.24, 2.45) is 0 Å². The number of nitrogens with zero attached hydrogens (tertiary/aromatic N) is 4. The topological polar surface area (TPSA) is 115 Å². The number of aryl methyl sites for hydroxylation is 2. The van der Waals surface area contributed by atoms with Crippen molar-refractivity contribution in [1.82, 2.24) is 15.0 Å². The van der Waals surface area contributed by atoms with Crippen LogP contribution in [-0.2, 0) is 0 Å². The number of fused-ring (bicyclic) bond motifs is 1. The normalized spacial score (nSPS) is 10.8. The van der Waals surface area contributed by atoms with E-state index < -0.39 is 4.92 Å². The molecule has 30 heavy (non-hydrogen) atoms. The summed E-state index contributed by atoms with van der Waals surface area (Å²) >= 11 is 1.35. The SMILES string of the molecule is COc1ccc2nc(Nc3ncnc(Nc4ccc(C)c(C)c4)c3[N+](=O)[O-])sc2c1. The van der Waals surface area contributed by atoms with Gasteiger partial charge in [0.1, 0.15) is 12.1 Å². The highest BCUT2D eigenvalue weighted by Gasteiger charge is 2.24. The van der Waals surface area contributed by atoms with E-state index in [4.69, 9.17) is 4.74 Å². The van der Waals surface area contributed by atoms with Crippen LogP contribution < -0.4 is 15.4 Å². The van der Waals surface area contributed by atoms with E-state index in [-0.39, 0.29) is 17.3 Å². The van der Waals surface area contributed by atoms with Gasteiger partial charge in [-0.15, -0.1) is 0 Å². The molecule has 2 aromatic carbocycles. The van der Waals surface area contributed by atoms with Crippen molar-refractivity contribution in [3.05, 3.63) is 64.0 Å². The minimum atomic E-state index is -0.512. The van der Waals surface area contributed by atoms with Crippen molar-refractivity contribution < 1.29 is 9.66 Å². The molecule has 2 aromatic heterocycles. The molecule has 0 aliphatic heterocycles. The molecular weight excluding hydrogens is 404 g/mol. The molecule has 0 unspecified atom stereocenters. The van der Waals surface area contributed by atoms with Crippen LogP contribution in [-0.4, -0.2) is 27.0 Å². The van der Waals surface area contributed by atoms with Gasteiger partial charge in [-0.1, -0.05) is 17.4 Å². The fourth-order valence-corrected chi connectivity index (χ4v) is 3.77. The number of nitro groups is 1. The second kappa shape index (κ2) is 7.91. The lowest BCUT2D eigenvalue weighted by molar-refractivity contribution is -0.383. The number of aromatic nitrogens is 3. The second-order valence-electron chi connectivity index (χ2n) is 6.58. The number of thiazole rings is 1. The van der Waals surface area contributed by atoms with Crippen molar-refractivity contribution in [3.8, 4) is 5.75 Å². The van der Waals surface area contributed by atoms with Crippen LogP contribution in [0.5, 0.6) is 5.75 Å². The lowest BCUT2D eigenvalue weighted by Gasteiger charge is -2.10. The Balaban J connectivity index is 1.69. The van der Waals surface area contributed by atoms with Gasteiger partial charge in [-0.25, -0.2) is 15.0 Å². The molecule has 9 nitrogen and oxygen atoms in total. The molecule has 152 valence electrons. The first-order valence-corrected chi connectivity index (χ1v) is 9.81. The molecule has 2 heterocycles. The Morgan fingerprint density at radius 2 is 1.80 bits per heavy atom. The summed E-state index contributed by atoms with van der Waals surface area (Å²) in [5, 5.41) is 18.3. The van der Waals surface area contributed by atoms with Gasteiger partial charge < -0.3 is 15.4 Å². The maximum Gasteiger partial charge on any atom is 0.353 e. The molecule has 10 heteroatoms. The van der Waals surface area contributed by atoms with Gasteiger partial charge in [-0.3, -0.25) is 10.1 Å². The summed E-state index contributed by atoms with van der Waals surface area (Å²) in [6.45, 7) is 3.98. The summed E-state index contributed by atoms with van der Waals surface area (Å²) < 4.78 is 6.12. The summed E-state index contributed by atoms with van der Waals surface area (Å²) in [5.41, 5.74) is 3.41. The molecule has 0 amide bonds. The number of rotatable bonds is 6. The van der Waals surface area contributed by atoms with Crippen LogP contribution in [0, 0.1) is 24.0 Å². The van der Waals surface area contributed by atoms with Gasteiger partial charge in [-0.2, -0.15) is 0 Å². The standard InChI is InChI=1S/C20H18N6O3S/c1-11-4-5-13(8-12(11)2)23-18-17(26(27)28)19(22-10-21-18)25-20-24-15-7-6-14(29-3)9-16(15)30-20/h4-10H,1-3H3,(H2,21,22,23,24,25). The zero-order valence-corrected chi connectivity index (χ0v) is 17.3. The van der Waals surface area contributed by atoms with Gasteiger partial charge in [0.15, 0.2) is 5.13 Å². The predicted octanol–water partition coefficient (Wildman–Crippen LogP) is 5.11. The number of ether oxygens (including phenoxy) is 1. The minimum Gasteiger partial charge on any atom is -0.497 e. The van der Waals surface area contributed by atoms with E-state index in [2.05, 4.69) is 25.6 Å². The summed E-state index contributed by atoms with van der Waals surface area (Å²) in [6.07, 6.45) is 1.27. The van der Waals surface area contributed by atoms with Crippen LogP contribution in [0.25, 0.3) is 10.2 Å². The molecule has 4 aromatic rings. The summed E-state index contributed by atoms with van der Waals surface area (Å²) in [7, 11) is 1.59. The highest BCUT2D eigenvalue weighted by atomic mass is 32.1. The van der Waals surface area contributed by atoms with Gasteiger partial charge in [0.25, 0.3) is 0 Å². The predicted molar refractivity (Wildman–Crippen MR) is 117 cm³/mol. The van der Waals surface area contributed by atoms with Gasteiger partial charge in [-0.05, 0) is 55.3 Å². The molecule has 0 saturated carbocycles. The van der Waals surface area contributed by atoms with Gasteiger partial charge in [0.05, 0.1) is 22.2 Å². The molecule has 2 N–H and O–H groups in total. The molecule has 0 saturated heterocycles. The van der Waals surface area contributed by atoms with Crippen LogP contribution >= 0.6 is 11.3 Å². The Labute approximate surface area is 175 Å². The number of nitrogens with one attached hydrogen (secondary N) is 2. The van der Waals surface area contributed by atoms with Crippen molar-refractivity contribution in [3.63, 3.8) is 0 Å². The summed E-state index contributed by atoms with van der Waals surface area (Å²) in [5.74, 6) is 0.876. The van der Waals surface area contributed by atoms with Crippen LogP contribution in [0.4, 0.5) is 28.1 Å². The molecule has 0 aliphatic rings. The van der Waals surface area contributed by atoms with Crippen molar-refractivity contribution in [1.29, 1.82) is 0 Å². The second-order valence-corrected chi connectivity index (χ2v) is 7.61. The fourth-order valence-electron chi connectivity index (χ4n) is 2.88. The Morgan fingerprint density at radius 3 is 2.50 bits per heavy atom. The number of anilines is 4. The number of benzene rings is 2. The smallest absolute Gasteiger partial charge is 0.353 e. The lowest BCUT2D eigenvalue weighted by Crippen LogP contribution is -2.05. The van der Waals surface area contributed by atoms with Crippen molar-refractivity contribution in [2.45, 2.75) is 13.8 Å². The number of hydrogen-bond donors (Lipinski definition) is 2. The Morgan fingerprint density at radius 1 is 1.03 bits per heavy atom. The van der Waals surface area contributed by atoms with Crippen LogP contribution in [0.15, 0.2) is 42.7 Å². The lowest BCUT2D eigenvalue weighted by atomic mass is 10.1. The van der Waals surface area contributed by atoms with E-state index in [1.165, 1.54) is 17.7 Å². The molecule has 0 radical (unpaired) electrons. The molecule has 0 fully saturated rings. The third kappa shape index (κ3) is 3.85. The molecule has 0 spiro atoms. The fraction of sp³-hybridized carbons (Fsp3) is 0.150. The van der Waals surface area contributed by atoms with E-state index >= 15 is 0 Å². The van der Waals surface area contributed by atoms with Crippen LogP contribution in [0.3, 0.4) is 0 Å². The van der Waals surface area contributed by atoms with Crippen molar-refractivity contribution in [2.75, 3.05) is 17.7 Å². The highest BCUT2D eigenvalue weighted by Crippen LogP contribution is 2.36. The molecule has 0 aliphatic carbocycles. The first kappa shape index (κ1) is 19.5. The first-order chi connectivity index (χ1) is 14.4. The minimum absolute atomic E-state index is 0.0624. The van der Waals surface area contributed by atoms with E-state index in [0.717, 1.165) is 21.3 Å². The average molecular weight is 422 g/mol. The maximum atomic E-state index is 11.8. The van der Waals surface area contributed by atoms with Crippen LogP contribution in [0.2, 0.25) is 0 Å². The van der Waals surface area contributed by atoms with Gasteiger partial charge >= 0.3 is 5.69 Å². The first-order valence-electron chi connectivity index (χ1n) is 9.00. The summed E-state index contributed by atoms with van der Waals surface area (Å²) in [6, 6.07) is 11.2. The van der Waals surface area contributed by atoms with E-state index in [0.29, 0.717) is 16.6 Å². The zero-order chi connectivity index (χ0) is 21.3. The van der Waals surface area contributed by atoms with E-state index in [9.17, 15) is 10.1 Å². The largest absolute Gasteiger partial charge is 0.497 e. The molecule has 0 bridgehead atoms. The average Bonchev–Trinajstić information content (AvgIpc) is 3.12. The Hall–Kier alpha value is -3.79. The monoisotopic (exact) mass is 422 g/mol. The van der Waals surface area contributed by atoms with Gasteiger partial charge in [0, 0.05) is 5.69 Å². The Bertz CT molecular complexity index is 1260. The number of hydrogen-bond acceptors (Lipinski definition) is 9. The third-order valence-corrected chi connectivity index (χ3v) is 5.53. The highest BCUT2D eigenvalue weighted by molar-refractivity contribution is 7.22. The quantitative estimate of drug-likeness (QED) is 0.325. The number of methoxy groups -OCH3 is 1. The van der Waals surface area contributed by atoms with Gasteiger partial charge in [0.2, 0.25) is 11.6 Å².